The maximum absolute atomic E-state index is 13.5. The van der Waals surface area contributed by atoms with E-state index in [4.69, 9.17) is 9.47 Å². The zero-order chi connectivity index (χ0) is 24.7. The lowest BCUT2D eigenvalue weighted by Crippen LogP contribution is -2.52. The van der Waals surface area contributed by atoms with Crippen molar-refractivity contribution in [3.8, 4) is 11.5 Å². The van der Waals surface area contributed by atoms with Crippen LogP contribution in [0.3, 0.4) is 0 Å². The van der Waals surface area contributed by atoms with Gasteiger partial charge in [-0.05, 0) is 41.5 Å². The summed E-state index contributed by atoms with van der Waals surface area (Å²) in [5.74, 6) is 0.823. The lowest BCUT2D eigenvalue weighted by atomic mass is 9.84. The van der Waals surface area contributed by atoms with E-state index in [2.05, 4.69) is 45.0 Å². The highest BCUT2D eigenvalue weighted by Gasteiger charge is 2.53. The molecule has 1 heterocycles. The van der Waals surface area contributed by atoms with Crippen molar-refractivity contribution in [2.75, 3.05) is 40.4 Å². The van der Waals surface area contributed by atoms with Crippen molar-refractivity contribution in [3.05, 3.63) is 53.6 Å². The largest absolute Gasteiger partial charge is 0.497 e. The molecule has 0 atom stereocenters. The van der Waals surface area contributed by atoms with Crippen LogP contribution in [0.15, 0.2) is 47.4 Å². The third-order valence-electron chi connectivity index (χ3n) is 6.98. The average molecular weight is 487 g/mol. The van der Waals surface area contributed by atoms with Gasteiger partial charge >= 0.3 is 0 Å². The van der Waals surface area contributed by atoms with Crippen molar-refractivity contribution in [3.63, 3.8) is 0 Å². The molecule has 1 aliphatic heterocycles. The van der Waals surface area contributed by atoms with Crippen molar-refractivity contribution < 1.29 is 22.7 Å². The predicted octanol–water partition coefficient (Wildman–Crippen LogP) is 3.57. The van der Waals surface area contributed by atoms with E-state index < -0.39 is 15.4 Å². The van der Waals surface area contributed by atoms with Gasteiger partial charge < -0.3 is 14.4 Å². The van der Waals surface area contributed by atoms with Gasteiger partial charge in [0.1, 0.15) is 16.4 Å². The number of hydrogen-bond acceptors (Lipinski definition) is 5. The van der Waals surface area contributed by atoms with E-state index in [1.54, 1.807) is 12.1 Å². The topological polar surface area (TPSA) is 76.2 Å². The summed E-state index contributed by atoms with van der Waals surface area (Å²) in [6, 6.07) is 13.1. The Morgan fingerprint density at radius 3 is 2.03 bits per heavy atom. The molecule has 7 nitrogen and oxygen atoms in total. The van der Waals surface area contributed by atoms with Gasteiger partial charge in [-0.15, -0.1) is 0 Å². The molecule has 2 fully saturated rings. The molecule has 0 unspecified atom stereocenters. The van der Waals surface area contributed by atoms with E-state index in [-0.39, 0.29) is 35.1 Å². The molecule has 1 aliphatic carbocycles. The van der Waals surface area contributed by atoms with Crippen LogP contribution in [0.25, 0.3) is 0 Å². The van der Waals surface area contributed by atoms with Crippen molar-refractivity contribution in [1.29, 1.82) is 0 Å². The Kier molecular flexibility index (Phi) is 6.42. The molecule has 1 saturated carbocycles. The highest BCUT2D eigenvalue weighted by atomic mass is 32.2. The van der Waals surface area contributed by atoms with Gasteiger partial charge in [0.2, 0.25) is 15.9 Å². The van der Waals surface area contributed by atoms with Crippen LogP contribution in [0.1, 0.15) is 44.7 Å². The molecule has 34 heavy (non-hydrogen) atoms. The summed E-state index contributed by atoms with van der Waals surface area (Å²) in [6.45, 7) is 7.75. The fourth-order valence-electron chi connectivity index (χ4n) is 4.60. The smallest absolute Gasteiger partial charge is 0.247 e. The van der Waals surface area contributed by atoms with Crippen LogP contribution in [0.5, 0.6) is 11.5 Å². The molecule has 1 amide bonds. The number of piperazine rings is 1. The Morgan fingerprint density at radius 2 is 1.53 bits per heavy atom. The first-order valence-corrected chi connectivity index (χ1v) is 13.1. The number of carbonyl (C=O) groups is 1. The number of amides is 1. The Balaban J connectivity index is 1.47. The zero-order valence-electron chi connectivity index (χ0n) is 20.6. The van der Waals surface area contributed by atoms with E-state index in [0.717, 1.165) is 18.4 Å². The summed E-state index contributed by atoms with van der Waals surface area (Å²) in [6.07, 6.45) is 1.67. The first-order valence-electron chi connectivity index (χ1n) is 11.7. The lowest BCUT2D eigenvalue weighted by molar-refractivity contribution is -0.135. The standard InChI is InChI=1S/C26H34N2O5S/c1-25(2,3)19-6-8-20(9-7-19)26(12-13-26)24(29)27-14-16-28(17-15-27)34(30,31)23-18-21(32-4)10-11-22(23)33-5/h6-11,18H,12-17H2,1-5H3. The first-order chi connectivity index (χ1) is 16.0. The molecular weight excluding hydrogens is 452 g/mol. The third-order valence-corrected chi connectivity index (χ3v) is 8.90. The first kappa shape index (κ1) is 24.5. The highest BCUT2D eigenvalue weighted by molar-refractivity contribution is 7.89. The molecule has 1 saturated heterocycles. The SMILES string of the molecule is COc1ccc(OC)c(S(=O)(=O)N2CCN(C(=O)C3(c4ccc(C(C)(C)C)cc4)CC3)CC2)c1. The quantitative estimate of drug-likeness (QED) is 0.624. The normalized spacial score (nSPS) is 18.4. The van der Waals surface area contributed by atoms with Crippen LogP contribution in [0.4, 0.5) is 0 Å². The molecule has 2 aromatic carbocycles. The van der Waals surface area contributed by atoms with Crippen molar-refractivity contribution >= 4 is 15.9 Å². The molecule has 0 N–H and O–H groups in total. The van der Waals surface area contributed by atoms with Gasteiger partial charge in [0.05, 0.1) is 19.6 Å². The Hall–Kier alpha value is -2.58. The highest BCUT2D eigenvalue weighted by Crippen LogP contribution is 2.50. The fraction of sp³-hybridized carbons (Fsp3) is 0.500. The minimum atomic E-state index is -3.79. The summed E-state index contributed by atoms with van der Waals surface area (Å²) in [5, 5.41) is 0. The molecule has 0 spiro atoms. The maximum Gasteiger partial charge on any atom is 0.247 e. The van der Waals surface area contributed by atoms with Gasteiger partial charge in [-0.1, -0.05) is 45.0 Å². The summed E-state index contributed by atoms with van der Waals surface area (Å²) in [7, 11) is -0.849. The third kappa shape index (κ3) is 4.41. The Bertz CT molecular complexity index is 1160. The number of ether oxygens (including phenoxy) is 2. The molecule has 0 bridgehead atoms. The molecule has 2 aliphatic rings. The Labute approximate surface area is 202 Å². The van der Waals surface area contributed by atoms with E-state index in [0.29, 0.717) is 18.8 Å². The second kappa shape index (κ2) is 8.89. The second-order valence-corrected chi connectivity index (χ2v) is 12.0. The summed E-state index contributed by atoms with van der Waals surface area (Å²) in [4.78, 5) is 15.4. The minimum Gasteiger partial charge on any atom is -0.497 e. The van der Waals surface area contributed by atoms with E-state index in [1.165, 1.54) is 30.2 Å². The van der Waals surface area contributed by atoms with Gasteiger partial charge in [0.15, 0.2) is 0 Å². The number of nitrogens with zero attached hydrogens (tertiary/aromatic N) is 2. The van der Waals surface area contributed by atoms with E-state index in [9.17, 15) is 13.2 Å². The molecule has 4 rings (SSSR count). The van der Waals surface area contributed by atoms with E-state index in [1.807, 2.05) is 4.90 Å². The number of sulfonamides is 1. The maximum atomic E-state index is 13.5. The van der Waals surface area contributed by atoms with E-state index >= 15 is 0 Å². The average Bonchev–Trinajstić information content (AvgIpc) is 3.65. The fourth-order valence-corrected chi connectivity index (χ4v) is 6.19. The summed E-state index contributed by atoms with van der Waals surface area (Å²) in [5.41, 5.74) is 1.90. The van der Waals surface area contributed by atoms with Crippen molar-refractivity contribution in [2.24, 2.45) is 0 Å². The van der Waals surface area contributed by atoms with Gasteiger partial charge in [-0.25, -0.2) is 8.42 Å². The van der Waals surface area contributed by atoms with Crippen LogP contribution in [0.2, 0.25) is 0 Å². The molecule has 8 heteroatoms. The van der Waals surface area contributed by atoms with Crippen LogP contribution in [-0.4, -0.2) is 63.9 Å². The second-order valence-electron chi connectivity index (χ2n) is 10.1. The van der Waals surface area contributed by atoms with Gasteiger partial charge in [-0.2, -0.15) is 4.31 Å². The van der Waals surface area contributed by atoms with Gasteiger partial charge in [-0.3, -0.25) is 4.79 Å². The molecule has 2 aromatic rings. The number of hydrogen-bond donors (Lipinski definition) is 0. The predicted molar refractivity (Wildman–Crippen MR) is 131 cm³/mol. The molecule has 0 aromatic heterocycles. The van der Waals surface area contributed by atoms with Crippen molar-refractivity contribution in [2.45, 2.75) is 49.3 Å². The minimum absolute atomic E-state index is 0.0620. The van der Waals surface area contributed by atoms with Crippen LogP contribution in [-0.2, 0) is 25.6 Å². The van der Waals surface area contributed by atoms with Crippen molar-refractivity contribution in [1.82, 2.24) is 9.21 Å². The lowest BCUT2D eigenvalue weighted by Gasteiger charge is -2.36. The molecule has 0 radical (unpaired) electrons. The van der Waals surface area contributed by atoms with Crippen LogP contribution < -0.4 is 9.47 Å². The number of benzene rings is 2. The number of rotatable bonds is 6. The van der Waals surface area contributed by atoms with Crippen LogP contribution in [0, 0.1) is 0 Å². The zero-order valence-corrected chi connectivity index (χ0v) is 21.4. The Morgan fingerprint density at radius 1 is 0.912 bits per heavy atom. The van der Waals surface area contributed by atoms with Crippen LogP contribution >= 0.6 is 0 Å². The van der Waals surface area contributed by atoms with Gasteiger partial charge in [0.25, 0.3) is 0 Å². The van der Waals surface area contributed by atoms with Gasteiger partial charge in [0, 0.05) is 32.2 Å². The monoisotopic (exact) mass is 486 g/mol. The number of methoxy groups -OCH3 is 2. The molecular formula is C26H34N2O5S. The summed E-state index contributed by atoms with van der Waals surface area (Å²) >= 11 is 0. The number of carbonyl (C=O) groups excluding carboxylic acids is 1. The summed E-state index contributed by atoms with van der Waals surface area (Å²) < 4.78 is 38.6. The molecule has 184 valence electrons.